The first-order valence-electron chi connectivity index (χ1n) is 9.27. The van der Waals surface area contributed by atoms with E-state index in [0.29, 0.717) is 17.4 Å². The number of ketones is 1. The molecule has 0 spiro atoms. The lowest BCUT2D eigenvalue weighted by Crippen LogP contribution is -2.23. The van der Waals surface area contributed by atoms with Gasteiger partial charge in [0.2, 0.25) is 11.7 Å². The number of hydrogen-bond donors (Lipinski definition) is 1. The Morgan fingerprint density at radius 1 is 1.03 bits per heavy atom. The summed E-state index contributed by atoms with van der Waals surface area (Å²) in [5, 5.41) is 11.0. The molecule has 0 aliphatic carbocycles. The van der Waals surface area contributed by atoms with Gasteiger partial charge in [0, 0.05) is 5.56 Å². The van der Waals surface area contributed by atoms with Crippen molar-refractivity contribution in [1.82, 2.24) is 20.3 Å². The molecule has 0 fully saturated rings. The van der Waals surface area contributed by atoms with E-state index in [-0.39, 0.29) is 11.5 Å². The van der Waals surface area contributed by atoms with Gasteiger partial charge in [-0.1, -0.05) is 60.2 Å². The lowest BCUT2D eigenvalue weighted by atomic mass is 9.97. The molecule has 0 radical (unpaired) electrons. The predicted octanol–water partition coefficient (Wildman–Crippen LogP) is 3.88. The average Bonchev–Trinajstić information content (AvgIpc) is 3.28. The van der Waals surface area contributed by atoms with E-state index in [2.05, 4.69) is 25.6 Å². The minimum absolute atomic E-state index is 0.134. The molecule has 8 nitrogen and oxygen atoms in total. The van der Waals surface area contributed by atoms with Crippen LogP contribution in [0.4, 0.5) is 5.82 Å². The van der Waals surface area contributed by atoms with Crippen molar-refractivity contribution < 1.29 is 14.2 Å². The van der Waals surface area contributed by atoms with Gasteiger partial charge >= 0.3 is 0 Å². The molecular weight excluding hydrogens is 382 g/mol. The number of carbonyl (C=O) groups excluding carboxylic acids is 1. The molecule has 2 heterocycles. The SMILES string of the molecule is COc1cncc(NC(C(=O)c2nonc2-c2ccccc2)c2ccc(C)cc2)n1. The van der Waals surface area contributed by atoms with E-state index in [0.717, 1.165) is 16.7 Å². The van der Waals surface area contributed by atoms with Gasteiger partial charge in [-0.3, -0.25) is 9.78 Å². The molecule has 0 amide bonds. The van der Waals surface area contributed by atoms with Crippen molar-refractivity contribution in [2.45, 2.75) is 13.0 Å². The van der Waals surface area contributed by atoms with Crippen molar-refractivity contribution in [2.24, 2.45) is 0 Å². The second-order valence-corrected chi connectivity index (χ2v) is 6.63. The number of nitrogens with one attached hydrogen (secondary N) is 1. The largest absolute Gasteiger partial charge is 0.480 e. The van der Waals surface area contributed by atoms with Crippen LogP contribution in [0.25, 0.3) is 11.3 Å². The van der Waals surface area contributed by atoms with E-state index >= 15 is 0 Å². The zero-order valence-electron chi connectivity index (χ0n) is 16.4. The van der Waals surface area contributed by atoms with Gasteiger partial charge in [0.25, 0.3) is 0 Å². The molecule has 0 aliphatic heterocycles. The number of Topliss-reactive ketones (excluding diaryl/α,β-unsaturated/α-hetero) is 1. The van der Waals surface area contributed by atoms with Gasteiger partial charge in [-0.25, -0.2) is 4.63 Å². The van der Waals surface area contributed by atoms with Gasteiger partial charge in [-0.2, -0.15) is 4.98 Å². The summed E-state index contributed by atoms with van der Waals surface area (Å²) < 4.78 is 10.0. The van der Waals surface area contributed by atoms with E-state index in [1.54, 1.807) is 0 Å². The number of benzene rings is 2. The van der Waals surface area contributed by atoms with Crippen LogP contribution in [0.15, 0.2) is 71.6 Å². The molecule has 0 saturated heterocycles. The highest BCUT2D eigenvalue weighted by Gasteiger charge is 2.29. The summed E-state index contributed by atoms with van der Waals surface area (Å²) in [5.41, 5.74) is 3.09. The molecule has 0 aliphatic rings. The highest BCUT2D eigenvalue weighted by atomic mass is 16.6. The van der Waals surface area contributed by atoms with Crippen molar-refractivity contribution in [3.8, 4) is 17.1 Å². The highest BCUT2D eigenvalue weighted by molar-refractivity contribution is 6.04. The molecule has 2 aromatic carbocycles. The molecule has 1 N–H and O–H groups in total. The number of aromatic nitrogens is 4. The van der Waals surface area contributed by atoms with Gasteiger partial charge < -0.3 is 10.1 Å². The normalized spacial score (nSPS) is 11.7. The highest BCUT2D eigenvalue weighted by Crippen LogP contribution is 2.28. The maximum absolute atomic E-state index is 13.5. The van der Waals surface area contributed by atoms with Gasteiger partial charge in [0.15, 0.2) is 5.69 Å². The topological polar surface area (TPSA) is 103 Å². The molecule has 0 bridgehead atoms. The fourth-order valence-electron chi connectivity index (χ4n) is 3.00. The van der Waals surface area contributed by atoms with Crippen LogP contribution in [-0.2, 0) is 0 Å². The van der Waals surface area contributed by atoms with Crippen molar-refractivity contribution in [1.29, 1.82) is 0 Å². The minimum Gasteiger partial charge on any atom is -0.480 e. The number of methoxy groups -OCH3 is 1. The Morgan fingerprint density at radius 3 is 2.53 bits per heavy atom. The van der Waals surface area contributed by atoms with Crippen molar-refractivity contribution in [3.63, 3.8) is 0 Å². The van der Waals surface area contributed by atoms with Crippen LogP contribution in [0.3, 0.4) is 0 Å². The van der Waals surface area contributed by atoms with Crippen LogP contribution in [0.5, 0.6) is 5.88 Å². The molecule has 4 aromatic rings. The summed E-state index contributed by atoms with van der Waals surface area (Å²) in [7, 11) is 1.50. The standard InChI is InChI=1S/C22H19N5O3/c1-14-8-10-16(11-9-14)20(25-17-12-23-13-18(24-17)29-2)22(28)21-19(26-30-27-21)15-6-4-3-5-7-15/h3-13,20H,1-2H3,(H,24,25). The molecule has 30 heavy (non-hydrogen) atoms. The first-order chi connectivity index (χ1) is 14.7. The van der Waals surface area contributed by atoms with Crippen LogP contribution in [0, 0.1) is 6.92 Å². The molecule has 1 atom stereocenters. The minimum atomic E-state index is -0.777. The lowest BCUT2D eigenvalue weighted by Gasteiger charge is -2.18. The predicted molar refractivity (Wildman–Crippen MR) is 110 cm³/mol. The number of nitrogens with zero attached hydrogens (tertiary/aromatic N) is 4. The quantitative estimate of drug-likeness (QED) is 0.465. The van der Waals surface area contributed by atoms with Crippen molar-refractivity contribution >= 4 is 11.6 Å². The Labute approximate surface area is 172 Å². The van der Waals surface area contributed by atoms with E-state index in [1.807, 2.05) is 61.5 Å². The summed E-state index contributed by atoms with van der Waals surface area (Å²) >= 11 is 0. The Bertz CT molecular complexity index is 1140. The number of rotatable bonds is 7. The number of ether oxygens (including phenoxy) is 1. The van der Waals surface area contributed by atoms with Crippen molar-refractivity contribution in [3.05, 3.63) is 83.8 Å². The van der Waals surface area contributed by atoms with Crippen LogP contribution in [0.2, 0.25) is 0 Å². The lowest BCUT2D eigenvalue weighted by molar-refractivity contribution is 0.0960. The summed E-state index contributed by atoms with van der Waals surface area (Å²) in [6, 6.07) is 16.2. The van der Waals surface area contributed by atoms with Gasteiger partial charge in [-0.05, 0) is 22.8 Å². The molecule has 8 heteroatoms. The second kappa shape index (κ2) is 8.52. The summed E-state index contributed by atoms with van der Waals surface area (Å²) in [4.78, 5) is 21.9. The molecule has 0 saturated carbocycles. The smallest absolute Gasteiger partial charge is 0.233 e. The van der Waals surface area contributed by atoms with Crippen LogP contribution >= 0.6 is 0 Å². The van der Waals surface area contributed by atoms with Crippen molar-refractivity contribution in [2.75, 3.05) is 12.4 Å². The first-order valence-corrected chi connectivity index (χ1v) is 9.27. The third-order valence-electron chi connectivity index (χ3n) is 4.56. The van der Waals surface area contributed by atoms with Crippen LogP contribution in [-0.4, -0.2) is 33.2 Å². The Morgan fingerprint density at radius 2 is 1.80 bits per heavy atom. The first kappa shape index (κ1) is 19.3. The molecule has 2 aromatic heterocycles. The number of hydrogen-bond acceptors (Lipinski definition) is 8. The third-order valence-corrected chi connectivity index (χ3v) is 4.56. The monoisotopic (exact) mass is 401 g/mol. The molecular formula is C22H19N5O3. The van der Waals surface area contributed by atoms with E-state index in [4.69, 9.17) is 9.37 Å². The number of anilines is 1. The second-order valence-electron chi connectivity index (χ2n) is 6.63. The third kappa shape index (κ3) is 4.02. The van der Waals surface area contributed by atoms with Gasteiger partial charge in [0.1, 0.15) is 17.6 Å². The zero-order valence-corrected chi connectivity index (χ0v) is 16.4. The van der Waals surface area contributed by atoms with E-state index in [1.165, 1.54) is 19.5 Å². The summed E-state index contributed by atoms with van der Waals surface area (Å²) in [6.07, 6.45) is 3.01. The molecule has 150 valence electrons. The molecule has 1 unspecified atom stereocenters. The van der Waals surface area contributed by atoms with Gasteiger partial charge in [0.05, 0.1) is 19.5 Å². The number of aryl methyl sites for hydroxylation is 1. The summed E-state index contributed by atoms with van der Waals surface area (Å²) in [5.74, 6) is 0.428. The Balaban J connectivity index is 1.73. The van der Waals surface area contributed by atoms with E-state index < -0.39 is 6.04 Å². The maximum atomic E-state index is 13.5. The van der Waals surface area contributed by atoms with Crippen LogP contribution < -0.4 is 10.1 Å². The molecule has 4 rings (SSSR count). The fraction of sp³-hybridized carbons (Fsp3) is 0.136. The van der Waals surface area contributed by atoms with E-state index in [9.17, 15) is 4.79 Å². The maximum Gasteiger partial charge on any atom is 0.233 e. The average molecular weight is 401 g/mol. The fourth-order valence-corrected chi connectivity index (χ4v) is 3.00. The summed E-state index contributed by atoms with van der Waals surface area (Å²) in [6.45, 7) is 1.98. The Kier molecular flexibility index (Phi) is 5.47. The zero-order chi connectivity index (χ0) is 20.9. The van der Waals surface area contributed by atoms with Crippen LogP contribution in [0.1, 0.15) is 27.7 Å². The Hall–Kier alpha value is -4.07. The van der Waals surface area contributed by atoms with Gasteiger partial charge in [-0.15, -0.1) is 0 Å². The number of carbonyl (C=O) groups is 1.